The van der Waals surface area contributed by atoms with Gasteiger partial charge in [-0.15, -0.1) is 0 Å². The second kappa shape index (κ2) is 6.75. The van der Waals surface area contributed by atoms with E-state index in [1.165, 1.54) is 47.0 Å². The summed E-state index contributed by atoms with van der Waals surface area (Å²) >= 11 is 2.36. The molecule has 18 heavy (non-hydrogen) atoms. The zero-order valence-corrected chi connectivity index (χ0v) is 13.5. The number of hydrogen-bond donors (Lipinski definition) is 2. The van der Waals surface area contributed by atoms with Gasteiger partial charge in [0.1, 0.15) is 0 Å². The number of benzene rings is 1. The van der Waals surface area contributed by atoms with Crippen molar-refractivity contribution >= 4 is 28.3 Å². The molecule has 1 saturated heterocycles. The van der Waals surface area contributed by atoms with Crippen LogP contribution in [0.2, 0.25) is 0 Å². The summed E-state index contributed by atoms with van der Waals surface area (Å²) in [5.74, 6) is 0. The molecule has 0 bridgehead atoms. The Morgan fingerprint density at radius 1 is 1.44 bits per heavy atom. The fourth-order valence-electron chi connectivity index (χ4n) is 2.67. The molecule has 2 atom stereocenters. The van der Waals surface area contributed by atoms with E-state index in [0.717, 1.165) is 0 Å². The maximum atomic E-state index is 3.64. The summed E-state index contributed by atoms with van der Waals surface area (Å²) < 4.78 is 1.30. The highest BCUT2D eigenvalue weighted by Gasteiger charge is 2.15. The summed E-state index contributed by atoms with van der Waals surface area (Å²) in [7, 11) is 0. The number of anilines is 1. The van der Waals surface area contributed by atoms with Crippen LogP contribution in [0, 0.1) is 10.5 Å². The molecule has 0 saturated carbocycles. The molecule has 0 spiro atoms. The average molecular weight is 358 g/mol. The molecule has 2 nitrogen and oxygen atoms in total. The normalized spacial score (nSPS) is 21.6. The maximum absolute atomic E-state index is 3.64. The van der Waals surface area contributed by atoms with Gasteiger partial charge in [0.2, 0.25) is 0 Å². The second-order valence-corrected chi connectivity index (χ2v) is 6.63. The van der Waals surface area contributed by atoms with Gasteiger partial charge in [-0.05, 0) is 86.0 Å². The van der Waals surface area contributed by atoms with Gasteiger partial charge < -0.3 is 10.6 Å². The largest absolute Gasteiger partial charge is 0.382 e. The predicted octanol–water partition coefficient (Wildman–Crippen LogP) is 3.93. The first-order valence-electron chi connectivity index (χ1n) is 6.91. The highest BCUT2D eigenvalue weighted by Crippen LogP contribution is 2.20. The number of hydrogen-bond acceptors (Lipinski definition) is 2. The monoisotopic (exact) mass is 358 g/mol. The van der Waals surface area contributed by atoms with Crippen LogP contribution in [0.5, 0.6) is 0 Å². The third-order valence-corrected chi connectivity index (χ3v) is 4.31. The van der Waals surface area contributed by atoms with Crippen molar-refractivity contribution in [3.05, 3.63) is 27.3 Å². The van der Waals surface area contributed by atoms with Crippen molar-refractivity contribution in [2.24, 2.45) is 0 Å². The van der Waals surface area contributed by atoms with E-state index in [0.29, 0.717) is 12.1 Å². The Hall–Kier alpha value is -0.290. The van der Waals surface area contributed by atoms with Gasteiger partial charge in [0, 0.05) is 21.3 Å². The van der Waals surface area contributed by atoms with Crippen molar-refractivity contribution in [2.45, 2.75) is 51.6 Å². The van der Waals surface area contributed by atoms with Crippen LogP contribution in [0.3, 0.4) is 0 Å². The SMILES string of the molecule is Cc1cc(I)ccc1NC(C)CC1CCCCN1. The van der Waals surface area contributed by atoms with Crippen LogP contribution in [-0.2, 0) is 0 Å². The van der Waals surface area contributed by atoms with E-state index < -0.39 is 0 Å². The minimum Gasteiger partial charge on any atom is -0.382 e. The molecule has 2 N–H and O–H groups in total. The van der Waals surface area contributed by atoms with Crippen LogP contribution in [0.1, 0.15) is 38.2 Å². The molecule has 1 heterocycles. The zero-order valence-electron chi connectivity index (χ0n) is 11.3. The highest BCUT2D eigenvalue weighted by molar-refractivity contribution is 14.1. The average Bonchev–Trinajstić information content (AvgIpc) is 2.34. The number of nitrogens with one attached hydrogen (secondary N) is 2. The second-order valence-electron chi connectivity index (χ2n) is 5.39. The Morgan fingerprint density at radius 2 is 2.28 bits per heavy atom. The fourth-order valence-corrected chi connectivity index (χ4v) is 3.31. The van der Waals surface area contributed by atoms with E-state index >= 15 is 0 Å². The minimum absolute atomic E-state index is 0.527. The standard InChI is InChI=1S/C15H23IN2/c1-11-9-13(16)6-7-15(11)18-12(2)10-14-5-3-4-8-17-14/h6-7,9,12,14,17-18H,3-5,8,10H2,1-2H3. The van der Waals surface area contributed by atoms with Gasteiger partial charge in [0.15, 0.2) is 0 Å². The first kappa shape index (κ1) is 14.1. The zero-order chi connectivity index (χ0) is 13.0. The summed E-state index contributed by atoms with van der Waals surface area (Å²) in [4.78, 5) is 0. The number of piperidine rings is 1. The van der Waals surface area contributed by atoms with E-state index in [2.05, 4.69) is 65.3 Å². The lowest BCUT2D eigenvalue weighted by Crippen LogP contribution is -2.37. The minimum atomic E-state index is 0.527. The molecule has 1 aromatic carbocycles. The first-order chi connectivity index (χ1) is 8.65. The summed E-state index contributed by atoms with van der Waals surface area (Å²) in [6.45, 7) is 5.66. The molecule has 1 aromatic rings. The molecule has 0 radical (unpaired) electrons. The molecular weight excluding hydrogens is 335 g/mol. The predicted molar refractivity (Wildman–Crippen MR) is 87.2 cm³/mol. The highest BCUT2D eigenvalue weighted by atomic mass is 127. The lowest BCUT2D eigenvalue weighted by molar-refractivity contribution is 0.371. The molecule has 0 amide bonds. The van der Waals surface area contributed by atoms with Gasteiger partial charge in [-0.1, -0.05) is 6.42 Å². The summed E-state index contributed by atoms with van der Waals surface area (Å²) in [6.07, 6.45) is 5.27. The fraction of sp³-hybridized carbons (Fsp3) is 0.600. The Balaban J connectivity index is 1.87. The van der Waals surface area contributed by atoms with Crippen LogP contribution in [-0.4, -0.2) is 18.6 Å². The van der Waals surface area contributed by atoms with Crippen LogP contribution in [0.15, 0.2) is 18.2 Å². The van der Waals surface area contributed by atoms with E-state index in [1.807, 2.05) is 0 Å². The van der Waals surface area contributed by atoms with Gasteiger partial charge in [-0.2, -0.15) is 0 Å². The maximum Gasteiger partial charge on any atom is 0.0372 e. The summed E-state index contributed by atoms with van der Waals surface area (Å²) in [6, 6.07) is 7.82. The molecule has 2 unspecified atom stereocenters. The molecular formula is C15H23IN2. The molecule has 0 aromatic heterocycles. The summed E-state index contributed by atoms with van der Waals surface area (Å²) in [5, 5.41) is 7.26. The van der Waals surface area contributed by atoms with Gasteiger partial charge >= 0.3 is 0 Å². The molecule has 0 aliphatic carbocycles. The molecule has 1 fully saturated rings. The molecule has 1 aliphatic heterocycles. The Labute approximate surface area is 124 Å². The summed E-state index contributed by atoms with van der Waals surface area (Å²) in [5.41, 5.74) is 2.61. The molecule has 3 heteroatoms. The third-order valence-electron chi connectivity index (χ3n) is 3.64. The van der Waals surface area contributed by atoms with E-state index in [1.54, 1.807) is 0 Å². The number of aryl methyl sites for hydroxylation is 1. The Kier molecular flexibility index (Phi) is 5.30. The topological polar surface area (TPSA) is 24.1 Å². The first-order valence-corrected chi connectivity index (χ1v) is 7.99. The number of halogens is 1. The van der Waals surface area contributed by atoms with Gasteiger partial charge in [-0.3, -0.25) is 0 Å². The van der Waals surface area contributed by atoms with Crippen molar-refractivity contribution in [1.82, 2.24) is 5.32 Å². The van der Waals surface area contributed by atoms with Gasteiger partial charge in [0.05, 0.1) is 0 Å². The van der Waals surface area contributed by atoms with Crippen molar-refractivity contribution in [1.29, 1.82) is 0 Å². The molecule has 100 valence electrons. The molecule has 2 rings (SSSR count). The van der Waals surface area contributed by atoms with Crippen LogP contribution in [0.4, 0.5) is 5.69 Å². The van der Waals surface area contributed by atoms with Crippen LogP contribution >= 0.6 is 22.6 Å². The van der Waals surface area contributed by atoms with E-state index in [9.17, 15) is 0 Å². The van der Waals surface area contributed by atoms with Crippen molar-refractivity contribution in [3.8, 4) is 0 Å². The van der Waals surface area contributed by atoms with Crippen molar-refractivity contribution < 1.29 is 0 Å². The Bertz CT molecular complexity index is 386. The van der Waals surface area contributed by atoms with Gasteiger partial charge in [0.25, 0.3) is 0 Å². The molecule has 1 aliphatic rings. The van der Waals surface area contributed by atoms with Crippen LogP contribution < -0.4 is 10.6 Å². The smallest absolute Gasteiger partial charge is 0.0372 e. The third kappa shape index (κ3) is 4.12. The van der Waals surface area contributed by atoms with Crippen molar-refractivity contribution in [3.63, 3.8) is 0 Å². The quantitative estimate of drug-likeness (QED) is 0.797. The van der Waals surface area contributed by atoms with E-state index in [-0.39, 0.29) is 0 Å². The van der Waals surface area contributed by atoms with E-state index in [4.69, 9.17) is 0 Å². The van der Waals surface area contributed by atoms with Gasteiger partial charge in [-0.25, -0.2) is 0 Å². The Morgan fingerprint density at radius 3 is 2.94 bits per heavy atom. The number of rotatable bonds is 4. The van der Waals surface area contributed by atoms with Crippen LogP contribution in [0.25, 0.3) is 0 Å². The lowest BCUT2D eigenvalue weighted by atomic mass is 9.98. The lowest BCUT2D eigenvalue weighted by Gasteiger charge is -2.27. The van der Waals surface area contributed by atoms with Crippen molar-refractivity contribution in [2.75, 3.05) is 11.9 Å².